The highest BCUT2D eigenvalue weighted by Gasteiger charge is 2.43. The lowest BCUT2D eigenvalue weighted by Gasteiger charge is -2.38. The first-order valence-corrected chi connectivity index (χ1v) is 8.69. The quantitative estimate of drug-likeness (QED) is 0.917. The topological polar surface area (TPSA) is 53.0 Å². The van der Waals surface area contributed by atoms with E-state index in [2.05, 4.69) is 4.90 Å². The van der Waals surface area contributed by atoms with Crippen molar-refractivity contribution >= 4 is 5.91 Å². The fraction of sp³-hybridized carbons (Fsp3) is 0.632. The molecule has 1 aromatic carbocycles. The Morgan fingerprint density at radius 3 is 2.54 bits per heavy atom. The number of carbonyl (C=O) groups excluding carboxylic acids is 1. The van der Waals surface area contributed by atoms with Gasteiger partial charge in [-0.1, -0.05) is 6.07 Å². The van der Waals surface area contributed by atoms with Gasteiger partial charge in [0.25, 0.3) is 5.91 Å². The lowest BCUT2D eigenvalue weighted by atomic mass is 9.77. The number of carbonyl (C=O) groups is 1. The molecular weight excluding hydrogens is 304 g/mol. The van der Waals surface area contributed by atoms with E-state index in [0.29, 0.717) is 11.8 Å². The van der Waals surface area contributed by atoms with E-state index in [1.165, 1.54) is 0 Å². The Bertz CT molecular complexity index is 617. The Kier molecular flexibility index (Phi) is 4.83. The Morgan fingerprint density at radius 2 is 1.92 bits per heavy atom. The first-order valence-electron chi connectivity index (χ1n) is 8.69. The molecule has 1 saturated carbocycles. The maximum absolute atomic E-state index is 13.0. The highest BCUT2D eigenvalue weighted by atomic mass is 16.5. The van der Waals surface area contributed by atoms with Crippen LogP contribution in [0.25, 0.3) is 0 Å². The van der Waals surface area contributed by atoms with E-state index in [0.717, 1.165) is 42.8 Å². The van der Waals surface area contributed by atoms with Gasteiger partial charge < -0.3 is 19.6 Å². The number of likely N-dealkylation sites (tertiary alicyclic amines) is 1. The second-order valence-electron chi connectivity index (χ2n) is 7.43. The fourth-order valence-electron chi connectivity index (χ4n) is 4.37. The summed E-state index contributed by atoms with van der Waals surface area (Å²) < 4.78 is 5.34. The van der Waals surface area contributed by atoms with Crippen LogP contribution in [0.2, 0.25) is 0 Å². The van der Waals surface area contributed by atoms with Gasteiger partial charge in [-0.15, -0.1) is 0 Å². The lowest BCUT2D eigenvalue weighted by molar-refractivity contribution is 0.00940. The van der Waals surface area contributed by atoms with Crippen LogP contribution in [0.4, 0.5) is 0 Å². The molecule has 1 N–H and O–H groups in total. The molecule has 3 rings (SSSR count). The summed E-state index contributed by atoms with van der Waals surface area (Å²) in [6.45, 7) is 3.47. The molecule has 0 spiro atoms. The van der Waals surface area contributed by atoms with Crippen molar-refractivity contribution in [3.05, 3.63) is 29.3 Å². The first-order chi connectivity index (χ1) is 11.4. The molecule has 2 aliphatic rings. The SMILES string of the molecule is COc1cccc(C(=O)N2C[C@H]3C[C@@H](N(C)C)[C@H](O)C[C@H]3C2)c1C. The van der Waals surface area contributed by atoms with Gasteiger partial charge in [0.15, 0.2) is 0 Å². The molecule has 1 aliphatic carbocycles. The molecular formula is C19H28N2O3. The third-order valence-electron chi connectivity index (χ3n) is 5.79. The molecule has 5 heteroatoms. The van der Waals surface area contributed by atoms with E-state index in [1.54, 1.807) is 7.11 Å². The molecule has 1 aliphatic heterocycles. The van der Waals surface area contributed by atoms with Gasteiger partial charge in [0.2, 0.25) is 0 Å². The van der Waals surface area contributed by atoms with Crippen molar-refractivity contribution in [3.8, 4) is 5.75 Å². The molecule has 4 atom stereocenters. The van der Waals surface area contributed by atoms with Crippen molar-refractivity contribution in [1.29, 1.82) is 0 Å². The molecule has 1 aromatic rings. The largest absolute Gasteiger partial charge is 0.496 e. The standard InChI is InChI=1S/C19H28N2O3/c1-12-15(6-5-7-18(12)24-4)19(23)21-10-13-8-16(20(2)3)17(22)9-14(13)11-21/h5-7,13-14,16-17,22H,8-11H2,1-4H3/t13-,14+,16-,17-/m1/s1. The van der Waals surface area contributed by atoms with E-state index in [-0.39, 0.29) is 18.1 Å². The van der Waals surface area contributed by atoms with Gasteiger partial charge in [0, 0.05) is 30.3 Å². The van der Waals surface area contributed by atoms with E-state index >= 15 is 0 Å². The maximum atomic E-state index is 13.0. The zero-order chi connectivity index (χ0) is 17.4. The smallest absolute Gasteiger partial charge is 0.254 e. The van der Waals surface area contributed by atoms with Crippen LogP contribution in [0.3, 0.4) is 0 Å². The molecule has 132 valence electrons. The van der Waals surface area contributed by atoms with Crippen LogP contribution in [0, 0.1) is 18.8 Å². The van der Waals surface area contributed by atoms with Crippen LogP contribution in [0.5, 0.6) is 5.75 Å². The minimum absolute atomic E-state index is 0.0803. The predicted molar refractivity (Wildman–Crippen MR) is 93.3 cm³/mol. The monoisotopic (exact) mass is 332 g/mol. The van der Waals surface area contributed by atoms with Crippen LogP contribution in [-0.4, -0.2) is 67.3 Å². The zero-order valence-electron chi connectivity index (χ0n) is 15.0. The molecule has 0 radical (unpaired) electrons. The molecule has 1 amide bonds. The summed E-state index contributed by atoms with van der Waals surface area (Å²) in [5, 5.41) is 10.4. The average molecular weight is 332 g/mol. The van der Waals surface area contributed by atoms with E-state index in [1.807, 2.05) is 44.1 Å². The summed E-state index contributed by atoms with van der Waals surface area (Å²) in [6, 6.07) is 5.82. The summed E-state index contributed by atoms with van der Waals surface area (Å²) in [5.41, 5.74) is 1.61. The normalized spacial score (nSPS) is 29.7. The van der Waals surface area contributed by atoms with Crippen molar-refractivity contribution in [2.45, 2.75) is 31.9 Å². The van der Waals surface area contributed by atoms with Gasteiger partial charge in [-0.05, 0) is 57.8 Å². The molecule has 1 heterocycles. The Labute approximate surface area is 144 Å². The number of aliphatic hydroxyl groups excluding tert-OH is 1. The molecule has 24 heavy (non-hydrogen) atoms. The number of methoxy groups -OCH3 is 1. The number of benzene rings is 1. The van der Waals surface area contributed by atoms with Crippen LogP contribution in [-0.2, 0) is 0 Å². The summed E-state index contributed by atoms with van der Waals surface area (Å²) in [6.07, 6.45) is 1.45. The highest BCUT2D eigenvalue weighted by molar-refractivity contribution is 5.96. The summed E-state index contributed by atoms with van der Waals surface area (Å²) in [4.78, 5) is 17.0. The minimum atomic E-state index is -0.296. The average Bonchev–Trinajstić information content (AvgIpc) is 2.96. The highest BCUT2D eigenvalue weighted by Crippen LogP contribution is 2.38. The molecule has 2 fully saturated rings. The third kappa shape index (κ3) is 3.03. The van der Waals surface area contributed by atoms with Gasteiger partial charge in [0.1, 0.15) is 5.75 Å². The van der Waals surface area contributed by atoms with Crippen molar-refractivity contribution in [1.82, 2.24) is 9.80 Å². The van der Waals surface area contributed by atoms with Crippen LogP contribution < -0.4 is 4.74 Å². The Morgan fingerprint density at radius 1 is 1.25 bits per heavy atom. The molecule has 0 aromatic heterocycles. The van der Waals surface area contributed by atoms with Crippen molar-refractivity contribution < 1.29 is 14.6 Å². The van der Waals surface area contributed by atoms with Gasteiger partial charge in [0.05, 0.1) is 13.2 Å². The number of ether oxygens (including phenoxy) is 1. The minimum Gasteiger partial charge on any atom is -0.496 e. The van der Waals surface area contributed by atoms with E-state index in [9.17, 15) is 9.90 Å². The van der Waals surface area contributed by atoms with Gasteiger partial charge in [-0.25, -0.2) is 0 Å². The molecule has 1 saturated heterocycles. The van der Waals surface area contributed by atoms with Gasteiger partial charge in [-0.3, -0.25) is 4.79 Å². The number of amides is 1. The van der Waals surface area contributed by atoms with E-state index in [4.69, 9.17) is 4.74 Å². The summed E-state index contributed by atoms with van der Waals surface area (Å²) in [5.74, 6) is 1.72. The van der Waals surface area contributed by atoms with Crippen LogP contribution in [0.1, 0.15) is 28.8 Å². The lowest BCUT2D eigenvalue weighted by Crippen LogP contribution is -2.46. The van der Waals surface area contributed by atoms with Gasteiger partial charge >= 0.3 is 0 Å². The maximum Gasteiger partial charge on any atom is 0.254 e. The number of likely N-dealkylation sites (N-methyl/N-ethyl adjacent to an activating group) is 1. The number of nitrogens with zero attached hydrogens (tertiary/aromatic N) is 2. The first kappa shape index (κ1) is 17.2. The van der Waals surface area contributed by atoms with Crippen molar-refractivity contribution in [3.63, 3.8) is 0 Å². The third-order valence-corrected chi connectivity index (χ3v) is 5.79. The van der Waals surface area contributed by atoms with Gasteiger partial charge in [-0.2, -0.15) is 0 Å². The number of aliphatic hydroxyl groups is 1. The van der Waals surface area contributed by atoms with E-state index < -0.39 is 0 Å². The van der Waals surface area contributed by atoms with Crippen molar-refractivity contribution in [2.24, 2.45) is 11.8 Å². The second kappa shape index (κ2) is 6.73. The predicted octanol–water partition coefficient (Wildman–Crippen LogP) is 1.78. The summed E-state index contributed by atoms with van der Waals surface area (Å²) in [7, 11) is 5.67. The number of rotatable bonds is 3. The number of fused-ring (bicyclic) bond motifs is 1. The Balaban J connectivity index is 1.75. The van der Waals surface area contributed by atoms with Crippen LogP contribution in [0.15, 0.2) is 18.2 Å². The fourth-order valence-corrected chi connectivity index (χ4v) is 4.37. The number of hydrogen-bond donors (Lipinski definition) is 1. The summed E-state index contributed by atoms with van der Waals surface area (Å²) >= 11 is 0. The molecule has 5 nitrogen and oxygen atoms in total. The second-order valence-corrected chi connectivity index (χ2v) is 7.43. The molecule has 0 bridgehead atoms. The van der Waals surface area contributed by atoms with Crippen molar-refractivity contribution in [2.75, 3.05) is 34.3 Å². The van der Waals surface area contributed by atoms with Crippen LogP contribution >= 0.6 is 0 Å². The zero-order valence-corrected chi connectivity index (χ0v) is 15.0. The molecule has 0 unspecified atom stereocenters. The number of hydrogen-bond acceptors (Lipinski definition) is 4. The Hall–Kier alpha value is -1.59.